The van der Waals surface area contributed by atoms with E-state index < -0.39 is 0 Å². The summed E-state index contributed by atoms with van der Waals surface area (Å²) in [6.07, 6.45) is 1.07. The zero-order chi connectivity index (χ0) is 10.8. The molecule has 0 aromatic carbocycles. The van der Waals surface area contributed by atoms with Gasteiger partial charge in [0.2, 0.25) is 5.01 Å². The maximum Gasteiger partial charge on any atom is 0.284 e. The van der Waals surface area contributed by atoms with E-state index in [9.17, 15) is 4.79 Å². The standard InChI is InChI=1S/C9H13N3O2S/c1-6-10-11-8(15-6)9(13)12-4-3-7(5-12)14-2/h7H,3-5H2,1-2H3/t7-/m0/s1. The second kappa shape index (κ2) is 4.24. The topological polar surface area (TPSA) is 55.3 Å². The van der Waals surface area contributed by atoms with Gasteiger partial charge in [-0.05, 0) is 13.3 Å². The molecule has 1 aromatic rings. The van der Waals surface area contributed by atoms with Crippen LogP contribution in [-0.2, 0) is 4.74 Å². The number of aryl methyl sites for hydroxylation is 1. The van der Waals surface area contributed by atoms with Crippen molar-refractivity contribution < 1.29 is 9.53 Å². The van der Waals surface area contributed by atoms with Gasteiger partial charge in [-0.3, -0.25) is 4.79 Å². The molecule has 0 aliphatic carbocycles. The van der Waals surface area contributed by atoms with E-state index in [2.05, 4.69) is 10.2 Å². The first-order valence-corrected chi connectivity index (χ1v) is 5.64. The van der Waals surface area contributed by atoms with Crippen molar-refractivity contribution in [2.24, 2.45) is 0 Å². The minimum absolute atomic E-state index is 0.0276. The van der Waals surface area contributed by atoms with Gasteiger partial charge in [-0.25, -0.2) is 0 Å². The highest BCUT2D eigenvalue weighted by atomic mass is 32.1. The van der Waals surface area contributed by atoms with Gasteiger partial charge in [-0.15, -0.1) is 10.2 Å². The van der Waals surface area contributed by atoms with Crippen molar-refractivity contribution in [2.75, 3.05) is 20.2 Å². The monoisotopic (exact) mass is 227 g/mol. The van der Waals surface area contributed by atoms with Gasteiger partial charge < -0.3 is 9.64 Å². The molecule has 82 valence electrons. The van der Waals surface area contributed by atoms with E-state index in [4.69, 9.17) is 4.74 Å². The Morgan fingerprint density at radius 2 is 2.40 bits per heavy atom. The Hall–Kier alpha value is -1.01. The van der Waals surface area contributed by atoms with Gasteiger partial charge in [0.15, 0.2) is 0 Å². The third-order valence-electron chi connectivity index (χ3n) is 2.47. The maximum absolute atomic E-state index is 11.9. The maximum atomic E-state index is 11.9. The highest BCUT2D eigenvalue weighted by Gasteiger charge is 2.28. The molecule has 2 heterocycles. The molecule has 0 N–H and O–H groups in total. The second-order valence-electron chi connectivity index (χ2n) is 3.52. The molecule has 0 radical (unpaired) electrons. The van der Waals surface area contributed by atoms with Crippen LogP contribution in [0.4, 0.5) is 0 Å². The van der Waals surface area contributed by atoms with Crippen molar-refractivity contribution >= 4 is 17.2 Å². The van der Waals surface area contributed by atoms with Crippen molar-refractivity contribution in [2.45, 2.75) is 19.4 Å². The Balaban J connectivity index is 2.03. The summed E-state index contributed by atoms with van der Waals surface area (Å²) in [5.74, 6) is -0.0276. The lowest BCUT2D eigenvalue weighted by Crippen LogP contribution is -2.29. The fourth-order valence-corrected chi connectivity index (χ4v) is 2.28. The van der Waals surface area contributed by atoms with Crippen molar-refractivity contribution in [1.82, 2.24) is 15.1 Å². The number of carbonyl (C=O) groups excluding carboxylic acids is 1. The van der Waals surface area contributed by atoms with Crippen molar-refractivity contribution in [1.29, 1.82) is 0 Å². The van der Waals surface area contributed by atoms with E-state index in [1.807, 2.05) is 6.92 Å². The zero-order valence-electron chi connectivity index (χ0n) is 8.77. The fraction of sp³-hybridized carbons (Fsp3) is 0.667. The number of rotatable bonds is 2. The number of hydrogen-bond acceptors (Lipinski definition) is 5. The van der Waals surface area contributed by atoms with E-state index in [0.29, 0.717) is 11.6 Å². The number of carbonyl (C=O) groups is 1. The van der Waals surface area contributed by atoms with E-state index in [1.165, 1.54) is 11.3 Å². The summed E-state index contributed by atoms with van der Waals surface area (Å²) in [6, 6.07) is 0. The minimum atomic E-state index is -0.0276. The van der Waals surface area contributed by atoms with E-state index in [-0.39, 0.29) is 12.0 Å². The van der Waals surface area contributed by atoms with Crippen LogP contribution in [0, 0.1) is 6.92 Å². The zero-order valence-corrected chi connectivity index (χ0v) is 9.58. The number of methoxy groups -OCH3 is 1. The molecule has 5 nitrogen and oxygen atoms in total. The lowest BCUT2D eigenvalue weighted by atomic mass is 10.3. The highest BCUT2D eigenvalue weighted by Crippen LogP contribution is 2.17. The summed E-state index contributed by atoms with van der Waals surface area (Å²) in [5, 5.41) is 8.98. The Morgan fingerprint density at radius 3 is 2.93 bits per heavy atom. The molecule has 0 bridgehead atoms. The molecule has 15 heavy (non-hydrogen) atoms. The molecule has 0 unspecified atom stereocenters. The largest absolute Gasteiger partial charge is 0.380 e. The number of likely N-dealkylation sites (tertiary alicyclic amines) is 1. The summed E-state index contributed by atoms with van der Waals surface area (Å²) in [4.78, 5) is 13.7. The predicted molar refractivity (Wildman–Crippen MR) is 56.0 cm³/mol. The average Bonchev–Trinajstić information content (AvgIpc) is 2.84. The molecule has 0 spiro atoms. The van der Waals surface area contributed by atoms with Crippen molar-refractivity contribution in [3.8, 4) is 0 Å². The molecule has 1 fully saturated rings. The van der Waals surface area contributed by atoms with Gasteiger partial charge in [-0.2, -0.15) is 0 Å². The quantitative estimate of drug-likeness (QED) is 0.746. The Bertz CT molecular complexity index is 366. The van der Waals surface area contributed by atoms with E-state index >= 15 is 0 Å². The van der Waals surface area contributed by atoms with E-state index in [1.54, 1.807) is 12.0 Å². The van der Waals surface area contributed by atoms with Gasteiger partial charge in [0.1, 0.15) is 5.01 Å². The minimum Gasteiger partial charge on any atom is -0.380 e. The number of nitrogens with zero attached hydrogens (tertiary/aromatic N) is 3. The molecule has 1 atom stereocenters. The van der Waals surface area contributed by atoms with Crippen LogP contribution in [0.1, 0.15) is 21.2 Å². The SMILES string of the molecule is CO[C@H]1CCN(C(=O)c2nnc(C)s2)C1. The van der Waals surface area contributed by atoms with Gasteiger partial charge >= 0.3 is 0 Å². The van der Waals surface area contributed by atoms with Crippen LogP contribution < -0.4 is 0 Å². The number of amides is 1. The van der Waals surface area contributed by atoms with Gasteiger partial charge in [0.25, 0.3) is 5.91 Å². The highest BCUT2D eigenvalue weighted by molar-refractivity contribution is 7.13. The lowest BCUT2D eigenvalue weighted by Gasteiger charge is -2.13. The lowest BCUT2D eigenvalue weighted by molar-refractivity contribution is 0.0723. The Kier molecular flexibility index (Phi) is 2.97. The number of hydrogen-bond donors (Lipinski definition) is 0. The predicted octanol–water partition coefficient (Wildman–Crippen LogP) is 0.707. The van der Waals surface area contributed by atoms with Crippen LogP contribution >= 0.6 is 11.3 Å². The molecule has 1 aromatic heterocycles. The number of ether oxygens (including phenoxy) is 1. The van der Waals surface area contributed by atoms with Crippen LogP contribution in [0.2, 0.25) is 0 Å². The van der Waals surface area contributed by atoms with Crippen LogP contribution in [0.15, 0.2) is 0 Å². The molecular weight excluding hydrogens is 214 g/mol. The van der Waals surface area contributed by atoms with E-state index in [0.717, 1.165) is 18.0 Å². The second-order valence-corrected chi connectivity index (χ2v) is 4.71. The fourth-order valence-electron chi connectivity index (χ4n) is 1.62. The summed E-state index contributed by atoms with van der Waals surface area (Å²) >= 11 is 1.34. The van der Waals surface area contributed by atoms with Crippen LogP contribution in [-0.4, -0.2) is 47.3 Å². The van der Waals surface area contributed by atoms with Gasteiger partial charge in [0, 0.05) is 20.2 Å². The first-order valence-electron chi connectivity index (χ1n) is 4.83. The summed E-state index contributed by atoms with van der Waals surface area (Å²) < 4.78 is 5.21. The normalized spacial score (nSPS) is 20.9. The molecular formula is C9H13N3O2S. The van der Waals surface area contributed by atoms with Gasteiger partial charge in [0.05, 0.1) is 6.10 Å². The van der Waals surface area contributed by atoms with Gasteiger partial charge in [-0.1, -0.05) is 11.3 Å². The third-order valence-corrected chi connectivity index (χ3v) is 3.30. The smallest absolute Gasteiger partial charge is 0.284 e. The molecule has 2 rings (SSSR count). The molecule has 6 heteroatoms. The molecule has 1 amide bonds. The van der Waals surface area contributed by atoms with Crippen LogP contribution in [0.5, 0.6) is 0 Å². The molecule has 0 saturated carbocycles. The molecule has 1 saturated heterocycles. The summed E-state index contributed by atoms with van der Waals surface area (Å²) in [6.45, 7) is 3.25. The van der Waals surface area contributed by atoms with Crippen LogP contribution in [0.25, 0.3) is 0 Å². The Morgan fingerprint density at radius 1 is 1.60 bits per heavy atom. The Labute approximate surface area is 92.1 Å². The first kappa shape index (κ1) is 10.5. The summed E-state index contributed by atoms with van der Waals surface area (Å²) in [5.41, 5.74) is 0. The average molecular weight is 227 g/mol. The van der Waals surface area contributed by atoms with Crippen LogP contribution in [0.3, 0.4) is 0 Å². The van der Waals surface area contributed by atoms with Crippen molar-refractivity contribution in [3.05, 3.63) is 10.0 Å². The third kappa shape index (κ3) is 2.15. The summed E-state index contributed by atoms with van der Waals surface area (Å²) in [7, 11) is 1.67. The molecule has 1 aliphatic heterocycles. The molecule has 1 aliphatic rings. The number of aromatic nitrogens is 2. The first-order chi connectivity index (χ1) is 7.20. The van der Waals surface area contributed by atoms with Crippen molar-refractivity contribution in [3.63, 3.8) is 0 Å².